The minimum absolute atomic E-state index is 0.0736. The summed E-state index contributed by atoms with van der Waals surface area (Å²) in [4.78, 5) is 0. The van der Waals surface area contributed by atoms with Gasteiger partial charge in [-0.05, 0) is 54.5 Å². The Kier molecular flexibility index (Phi) is 6.82. The fourth-order valence-corrected chi connectivity index (χ4v) is 4.55. The Bertz CT molecular complexity index is 1000. The van der Waals surface area contributed by atoms with Gasteiger partial charge in [0, 0.05) is 13.6 Å². The summed E-state index contributed by atoms with van der Waals surface area (Å²) in [6, 6.07) is 13.3. The van der Waals surface area contributed by atoms with Crippen LogP contribution in [0.3, 0.4) is 0 Å². The zero-order chi connectivity index (χ0) is 22.8. The molecule has 170 valence electrons. The molecule has 0 amide bonds. The fraction of sp³-hybridized carbons (Fsp3) is 0.429. The van der Waals surface area contributed by atoms with Crippen LogP contribution in [0.15, 0.2) is 48.5 Å². The summed E-state index contributed by atoms with van der Waals surface area (Å²) in [5.41, 5.74) is 1.53. The highest BCUT2D eigenvalue weighted by molar-refractivity contribution is 7.92. The van der Waals surface area contributed by atoms with Crippen molar-refractivity contribution in [3.8, 4) is 5.75 Å². The second kappa shape index (κ2) is 9.05. The molecule has 31 heavy (non-hydrogen) atoms. The number of ether oxygens (including phenoxy) is 1. The third-order valence-electron chi connectivity index (χ3n) is 5.55. The third kappa shape index (κ3) is 5.90. The molecule has 2 aromatic rings. The van der Waals surface area contributed by atoms with Gasteiger partial charge in [0.05, 0.1) is 18.0 Å². The van der Waals surface area contributed by atoms with Crippen LogP contribution in [0.4, 0.5) is 18.9 Å². The largest absolute Gasteiger partial charge is 0.573 e. The van der Waals surface area contributed by atoms with Gasteiger partial charge in [0.1, 0.15) is 5.75 Å². The Hall–Kier alpha value is -2.30. The number of nitrogens with zero attached hydrogens (tertiary/aromatic N) is 2. The van der Waals surface area contributed by atoms with E-state index >= 15 is 0 Å². The predicted molar refractivity (Wildman–Crippen MR) is 113 cm³/mol. The normalized spacial score (nSPS) is 20.5. The maximum absolute atomic E-state index is 13.0. The minimum Gasteiger partial charge on any atom is -0.406 e. The first kappa shape index (κ1) is 23.4. The second-order valence-corrected chi connectivity index (χ2v) is 9.78. The lowest BCUT2D eigenvalue weighted by Crippen LogP contribution is -2.44. The number of benzene rings is 2. The molecule has 0 radical (unpaired) electrons. The number of halogens is 3. The molecule has 1 saturated heterocycles. The molecule has 0 spiro atoms. The summed E-state index contributed by atoms with van der Waals surface area (Å²) >= 11 is 0. The molecule has 0 saturated carbocycles. The number of hydrogen-bond donors (Lipinski definition) is 1. The Morgan fingerprint density at radius 2 is 1.87 bits per heavy atom. The van der Waals surface area contributed by atoms with Crippen LogP contribution in [0, 0.1) is 5.92 Å². The van der Waals surface area contributed by atoms with Crippen molar-refractivity contribution >= 4 is 15.7 Å². The molecule has 0 aliphatic carbocycles. The zero-order valence-corrected chi connectivity index (χ0v) is 18.2. The molecule has 0 aromatic heterocycles. The monoisotopic (exact) mass is 457 g/mol. The Morgan fingerprint density at radius 1 is 1.19 bits per heavy atom. The first-order valence-electron chi connectivity index (χ1n) is 9.84. The molecular formula is C21H26F3N3O3S. The lowest BCUT2D eigenvalue weighted by molar-refractivity contribution is -0.274. The van der Waals surface area contributed by atoms with Gasteiger partial charge in [0.15, 0.2) is 0 Å². The summed E-state index contributed by atoms with van der Waals surface area (Å²) in [6.45, 7) is 0.679. The van der Waals surface area contributed by atoms with Crippen LogP contribution in [0.1, 0.15) is 30.0 Å². The number of hydrogen-bond acceptors (Lipinski definition) is 5. The molecular weight excluding hydrogens is 431 g/mol. The van der Waals surface area contributed by atoms with Crippen molar-refractivity contribution < 1.29 is 26.3 Å². The van der Waals surface area contributed by atoms with E-state index in [9.17, 15) is 21.6 Å². The highest BCUT2D eigenvalue weighted by atomic mass is 32.2. The topological polar surface area (TPSA) is 75.9 Å². The maximum atomic E-state index is 13.0. The number of rotatable bonds is 6. The van der Waals surface area contributed by atoms with Gasteiger partial charge in [-0.25, -0.2) is 13.4 Å². The van der Waals surface area contributed by atoms with Crippen LogP contribution < -0.4 is 14.9 Å². The van der Waals surface area contributed by atoms with Crippen molar-refractivity contribution in [2.24, 2.45) is 11.8 Å². The van der Waals surface area contributed by atoms with Crippen LogP contribution in [0.5, 0.6) is 5.75 Å². The van der Waals surface area contributed by atoms with Gasteiger partial charge in [0.2, 0.25) is 10.0 Å². The molecule has 1 heterocycles. The van der Waals surface area contributed by atoms with Crippen molar-refractivity contribution in [1.82, 2.24) is 5.01 Å². The van der Waals surface area contributed by atoms with Crippen molar-refractivity contribution in [3.05, 3.63) is 59.7 Å². The third-order valence-corrected chi connectivity index (χ3v) is 6.75. The highest BCUT2D eigenvalue weighted by Gasteiger charge is 2.35. The maximum Gasteiger partial charge on any atom is 0.573 e. The van der Waals surface area contributed by atoms with Gasteiger partial charge < -0.3 is 4.74 Å². The fourth-order valence-electron chi connectivity index (χ4n) is 4.05. The first-order valence-corrected chi connectivity index (χ1v) is 11.7. The molecule has 0 bridgehead atoms. The second-order valence-electron chi connectivity index (χ2n) is 7.77. The van der Waals surface area contributed by atoms with E-state index in [4.69, 9.17) is 5.84 Å². The number of nitrogens with two attached hydrogens (primary N) is 1. The first-order chi connectivity index (χ1) is 14.5. The number of piperidine rings is 1. The smallest absolute Gasteiger partial charge is 0.406 e. The molecule has 6 nitrogen and oxygen atoms in total. The molecule has 3 rings (SSSR count). The SMILES string of the molecule is CN(c1ccc(OC(F)(F)F)c(C[C@H]2CCCN(N)[C@H]2c2ccccc2)c1)S(C)(=O)=O. The molecule has 1 aliphatic heterocycles. The van der Waals surface area contributed by atoms with Gasteiger partial charge in [-0.2, -0.15) is 0 Å². The van der Waals surface area contributed by atoms with E-state index in [1.165, 1.54) is 25.2 Å². The molecule has 1 aliphatic rings. The van der Waals surface area contributed by atoms with Gasteiger partial charge >= 0.3 is 6.36 Å². The standard InChI is InChI=1S/C21H26F3N3O3S/c1-26(31(2,28)29)18-10-11-19(30-21(22,23)24)17(14-18)13-16-9-6-12-27(25)20(16)15-7-4-3-5-8-15/h3-5,7-8,10-11,14,16,20H,6,9,12-13,25H2,1-2H3/t16-,20+/m1/s1. The van der Waals surface area contributed by atoms with Crippen molar-refractivity contribution in [2.45, 2.75) is 31.7 Å². The van der Waals surface area contributed by atoms with Crippen LogP contribution >= 0.6 is 0 Å². The average molecular weight is 458 g/mol. The van der Waals surface area contributed by atoms with Gasteiger partial charge in [-0.1, -0.05) is 30.3 Å². The Labute approximate surface area is 180 Å². The van der Waals surface area contributed by atoms with Crippen molar-refractivity contribution in [1.29, 1.82) is 0 Å². The van der Waals surface area contributed by atoms with E-state index in [2.05, 4.69) is 4.74 Å². The Morgan fingerprint density at radius 3 is 2.48 bits per heavy atom. The van der Waals surface area contributed by atoms with Crippen molar-refractivity contribution in [2.75, 3.05) is 24.2 Å². The quantitative estimate of drug-likeness (QED) is 0.667. The van der Waals surface area contributed by atoms with Crippen LogP contribution in [0.25, 0.3) is 0 Å². The summed E-state index contributed by atoms with van der Waals surface area (Å²) in [6.07, 6.45) is -1.99. The molecule has 2 N–H and O–H groups in total. The highest BCUT2D eigenvalue weighted by Crippen LogP contribution is 2.39. The van der Waals surface area contributed by atoms with E-state index in [0.29, 0.717) is 6.54 Å². The molecule has 2 atom stereocenters. The van der Waals surface area contributed by atoms with Gasteiger partial charge in [-0.15, -0.1) is 13.2 Å². The summed E-state index contributed by atoms with van der Waals surface area (Å²) in [5, 5.41) is 1.72. The summed E-state index contributed by atoms with van der Waals surface area (Å²) < 4.78 is 68.1. The van der Waals surface area contributed by atoms with E-state index in [-0.39, 0.29) is 35.4 Å². The number of hydrazine groups is 1. The lowest BCUT2D eigenvalue weighted by Gasteiger charge is -2.39. The number of sulfonamides is 1. The molecule has 2 aromatic carbocycles. The average Bonchev–Trinajstić information content (AvgIpc) is 2.68. The number of anilines is 1. The van der Waals surface area contributed by atoms with E-state index in [1.807, 2.05) is 30.3 Å². The van der Waals surface area contributed by atoms with E-state index in [1.54, 1.807) is 5.01 Å². The van der Waals surface area contributed by atoms with E-state index in [0.717, 1.165) is 29.0 Å². The number of alkyl halides is 3. The Balaban J connectivity index is 1.99. The van der Waals surface area contributed by atoms with Gasteiger partial charge in [0.25, 0.3) is 0 Å². The molecule has 1 fully saturated rings. The van der Waals surface area contributed by atoms with Crippen LogP contribution in [-0.4, -0.2) is 39.6 Å². The van der Waals surface area contributed by atoms with E-state index < -0.39 is 16.4 Å². The zero-order valence-electron chi connectivity index (χ0n) is 17.3. The van der Waals surface area contributed by atoms with Crippen molar-refractivity contribution in [3.63, 3.8) is 0 Å². The summed E-state index contributed by atoms with van der Waals surface area (Å²) in [5.74, 6) is 5.86. The van der Waals surface area contributed by atoms with Crippen LogP contribution in [-0.2, 0) is 16.4 Å². The molecule has 0 unspecified atom stereocenters. The summed E-state index contributed by atoms with van der Waals surface area (Å²) in [7, 11) is -2.22. The molecule has 10 heteroatoms. The minimum atomic E-state index is -4.86. The predicted octanol–water partition coefficient (Wildman–Crippen LogP) is 3.85. The van der Waals surface area contributed by atoms with Gasteiger partial charge in [-0.3, -0.25) is 10.1 Å². The van der Waals surface area contributed by atoms with Crippen LogP contribution in [0.2, 0.25) is 0 Å². The lowest BCUT2D eigenvalue weighted by atomic mass is 9.81.